The van der Waals surface area contributed by atoms with E-state index in [4.69, 9.17) is 27.9 Å². The van der Waals surface area contributed by atoms with E-state index in [1.165, 1.54) is 0 Å². The minimum atomic E-state index is -0.246. The van der Waals surface area contributed by atoms with E-state index in [-0.39, 0.29) is 11.8 Å². The van der Waals surface area contributed by atoms with Gasteiger partial charge in [-0.15, -0.1) is 0 Å². The van der Waals surface area contributed by atoms with Gasteiger partial charge in [-0.05, 0) is 121 Å². The summed E-state index contributed by atoms with van der Waals surface area (Å²) in [6, 6.07) is 45.1. The third-order valence-corrected chi connectivity index (χ3v) is 9.51. The highest BCUT2D eigenvalue weighted by molar-refractivity contribution is 7.99. The number of carbonyl (C=O) groups excluding carboxylic acids is 2. The second kappa shape index (κ2) is 15.3. The van der Waals surface area contributed by atoms with Gasteiger partial charge in [0.15, 0.2) is 0 Å². The first-order chi connectivity index (χ1) is 22.9. The molecule has 0 aliphatic rings. The number of hydrogen-bond acceptors (Lipinski definition) is 5. The molecule has 232 valence electrons. The summed E-state index contributed by atoms with van der Waals surface area (Å²) in [5.74, 6) is 0.983. The van der Waals surface area contributed by atoms with Gasteiger partial charge in [-0.3, -0.25) is 9.59 Å². The van der Waals surface area contributed by atoms with E-state index >= 15 is 0 Å². The number of hydrogen-bond donors (Lipinski definition) is 2. The van der Waals surface area contributed by atoms with Gasteiger partial charge in [0.2, 0.25) is 0 Å². The molecule has 0 fully saturated rings. The Morgan fingerprint density at radius 3 is 1.11 bits per heavy atom. The van der Waals surface area contributed by atoms with Crippen LogP contribution in [0.3, 0.4) is 0 Å². The van der Waals surface area contributed by atoms with E-state index in [9.17, 15) is 9.59 Å². The van der Waals surface area contributed by atoms with E-state index in [2.05, 4.69) is 10.6 Å². The summed E-state index contributed by atoms with van der Waals surface area (Å²) in [7, 11) is 0. The Morgan fingerprint density at radius 2 is 0.766 bits per heavy atom. The zero-order chi connectivity index (χ0) is 32.6. The van der Waals surface area contributed by atoms with Gasteiger partial charge in [-0.1, -0.05) is 71.0 Å². The fourth-order valence-electron chi connectivity index (χ4n) is 4.46. The molecular weight excluding hydrogens is 667 g/mol. The highest BCUT2D eigenvalue weighted by Gasteiger charge is 2.11. The number of ether oxygens (including phenoxy) is 1. The smallest absolute Gasteiger partial charge is 0.257 e. The van der Waals surface area contributed by atoms with Crippen molar-refractivity contribution in [1.82, 2.24) is 0 Å². The lowest BCUT2D eigenvalue weighted by atomic mass is 10.2. The molecule has 9 heteroatoms. The maximum atomic E-state index is 12.5. The maximum absolute atomic E-state index is 12.5. The average Bonchev–Trinajstić information content (AvgIpc) is 3.08. The molecule has 0 saturated heterocycles. The third-order valence-electron chi connectivity index (χ3n) is 6.82. The van der Waals surface area contributed by atoms with Crippen molar-refractivity contribution in [2.24, 2.45) is 0 Å². The molecule has 2 N–H and O–H groups in total. The quantitative estimate of drug-likeness (QED) is 0.149. The number of benzene rings is 6. The molecule has 6 aromatic rings. The molecule has 0 aromatic heterocycles. The molecule has 0 heterocycles. The summed E-state index contributed by atoms with van der Waals surface area (Å²) < 4.78 is 6.07. The molecule has 0 bridgehead atoms. The van der Waals surface area contributed by atoms with Crippen molar-refractivity contribution in [3.8, 4) is 11.5 Å². The van der Waals surface area contributed by atoms with Crippen LogP contribution in [0.15, 0.2) is 165 Å². The summed E-state index contributed by atoms with van der Waals surface area (Å²) in [6.45, 7) is 0. The van der Waals surface area contributed by atoms with Crippen LogP contribution in [-0.4, -0.2) is 11.8 Å². The predicted octanol–water partition coefficient (Wildman–Crippen LogP) is 11.6. The molecule has 0 spiro atoms. The molecule has 0 atom stereocenters. The SMILES string of the molecule is O=C(Nc1ccc(Sc2ccc(Oc3ccc(Sc4ccc(NC(=O)c5ccccc5Cl)cc4)cc3)cc2)cc1)c1ccccc1Cl. The largest absolute Gasteiger partial charge is 0.457 e. The Hall–Kier alpha value is -4.66. The average molecular weight is 694 g/mol. The van der Waals surface area contributed by atoms with Crippen LogP contribution >= 0.6 is 46.7 Å². The third kappa shape index (κ3) is 8.78. The van der Waals surface area contributed by atoms with Crippen molar-refractivity contribution < 1.29 is 14.3 Å². The molecule has 0 saturated carbocycles. The molecule has 6 rings (SSSR count). The van der Waals surface area contributed by atoms with E-state index in [0.717, 1.165) is 31.1 Å². The van der Waals surface area contributed by atoms with Crippen LogP contribution < -0.4 is 15.4 Å². The Bertz CT molecular complexity index is 1860. The molecule has 0 unspecified atom stereocenters. The van der Waals surface area contributed by atoms with E-state index < -0.39 is 0 Å². The molecule has 0 aliphatic carbocycles. The Kier molecular flexibility index (Phi) is 10.5. The van der Waals surface area contributed by atoms with E-state index in [1.54, 1.807) is 72.1 Å². The van der Waals surface area contributed by atoms with Gasteiger partial charge in [-0.25, -0.2) is 0 Å². The lowest BCUT2D eigenvalue weighted by Gasteiger charge is -2.09. The Balaban J connectivity index is 0.981. The van der Waals surface area contributed by atoms with Gasteiger partial charge in [-0.2, -0.15) is 0 Å². The topological polar surface area (TPSA) is 67.4 Å². The Morgan fingerprint density at radius 1 is 0.447 bits per heavy atom. The van der Waals surface area contributed by atoms with Crippen molar-refractivity contribution in [2.75, 3.05) is 10.6 Å². The summed E-state index contributed by atoms with van der Waals surface area (Å²) in [6.07, 6.45) is 0. The van der Waals surface area contributed by atoms with Gasteiger partial charge < -0.3 is 15.4 Å². The standard InChI is InChI=1S/C38H26Cl2N2O3S2/c39-35-7-3-1-5-33(35)37(43)41-25-9-17-29(18-10-25)46-31-21-13-27(14-22-31)45-28-15-23-32(24-16-28)47-30-19-11-26(12-20-30)42-38(44)34-6-2-4-8-36(34)40/h1-24H,(H,41,43)(H,42,44). The molecule has 2 amide bonds. The van der Waals surface area contributed by atoms with Crippen molar-refractivity contribution in [1.29, 1.82) is 0 Å². The highest BCUT2D eigenvalue weighted by Crippen LogP contribution is 2.33. The van der Waals surface area contributed by atoms with Gasteiger partial charge in [0, 0.05) is 31.0 Å². The second-order valence-electron chi connectivity index (χ2n) is 10.2. The summed E-state index contributed by atoms with van der Waals surface area (Å²) >= 11 is 15.5. The zero-order valence-electron chi connectivity index (χ0n) is 24.7. The molecule has 6 aromatic carbocycles. The Labute approximate surface area is 291 Å². The normalized spacial score (nSPS) is 10.7. The van der Waals surface area contributed by atoms with Gasteiger partial charge in [0.25, 0.3) is 11.8 Å². The predicted molar refractivity (Wildman–Crippen MR) is 193 cm³/mol. The van der Waals surface area contributed by atoms with Crippen LogP contribution in [0.2, 0.25) is 10.0 Å². The molecule has 0 aliphatic heterocycles. The number of amides is 2. The van der Waals surface area contributed by atoms with Crippen molar-refractivity contribution in [2.45, 2.75) is 19.6 Å². The number of halogens is 2. The van der Waals surface area contributed by atoms with Gasteiger partial charge >= 0.3 is 0 Å². The van der Waals surface area contributed by atoms with Gasteiger partial charge in [0.05, 0.1) is 21.2 Å². The first-order valence-corrected chi connectivity index (χ1v) is 16.8. The molecular formula is C38H26Cl2N2O3S2. The zero-order valence-corrected chi connectivity index (χ0v) is 27.8. The minimum Gasteiger partial charge on any atom is -0.457 e. The molecule has 47 heavy (non-hydrogen) atoms. The van der Waals surface area contributed by atoms with E-state index in [0.29, 0.717) is 32.5 Å². The number of rotatable bonds is 10. The number of carbonyl (C=O) groups is 2. The van der Waals surface area contributed by atoms with Crippen LogP contribution in [0, 0.1) is 0 Å². The van der Waals surface area contributed by atoms with Crippen LogP contribution in [0.4, 0.5) is 11.4 Å². The number of anilines is 2. The lowest BCUT2D eigenvalue weighted by Crippen LogP contribution is -2.12. The fraction of sp³-hybridized carbons (Fsp3) is 0. The second-order valence-corrected chi connectivity index (χ2v) is 13.3. The molecule has 0 radical (unpaired) electrons. The summed E-state index contributed by atoms with van der Waals surface area (Å²) in [5.41, 5.74) is 2.26. The van der Waals surface area contributed by atoms with Crippen LogP contribution in [-0.2, 0) is 0 Å². The lowest BCUT2D eigenvalue weighted by molar-refractivity contribution is 0.101. The van der Waals surface area contributed by atoms with Crippen molar-refractivity contribution in [3.05, 3.63) is 167 Å². The van der Waals surface area contributed by atoms with Crippen LogP contribution in [0.5, 0.6) is 11.5 Å². The maximum Gasteiger partial charge on any atom is 0.257 e. The number of nitrogens with one attached hydrogen (secondary N) is 2. The van der Waals surface area contributed by atoms with Gasteiger partial charge in [0.1, 0.15) is 11.5 Å². The first-order valence-electron chi connectivity index (χ1n) is 14.5. The van der Waals surface area contributed by atoms with Crippen LogP contribution in [0.1, 0.15) is 20.7 Å². The van der Waals surface area contributed by atoms with Crippen molar-refractivity contribution >= 4 is 69.9 Å². The van der Waals surface area contributed by atoms with Crippen LogP contribution in [0.25, 0.3) is 0 Å². The van der Waals surface area contributed by atoms with Crippen molar-refractivity contribution in [3.63, 3.8) is 0 Å². The minimum absolute atomic E-state index is 0.246. The molecule has 5 nitrogen and oxygen atoms in total. The van der Waals surface area contributed by atoms with E-state index in [1.807, 2.05) is 97.1 Å². The summed E-state index contributed by atoms with van der Waals surface area (Å²) in [5, 5.41) is 6.60. The monoisotopic (exact) mass is 692 g/mol. The first kappa shape index (κ1) is 32.3. The fourth-order valence-corrected chi connectivity index (χ4v) is 6.54. The summed E-state index contributed by atoms with van der Waals surface area (Å²) in [4.78, 5) is 29.2. The highest BCUT2D eigenvalue weighted by atomic mass is 35.5.